The predicted octanol–water partition coefficient (Wildman–Crippen LogP) is 2.67. The molecule has 1 heterocycles. The van der Waals surface area contributed by atoms with Crippen LogP contribution in [-0.2, 0) is 4.79 Å². The molecule has 0 spiro atoms. The van der Waals surface area contributed by atoms with E-state index in [0.29, 0.717) is 5.92 Å². The van der Waals surface area contributed by atoms with E-state index in [0.717, 1.165) is 25.3 Å². The zero-order chi connectivity index (χ0) is 13.1. The van der Waals surface area contributed by atoms with E-state index in [1.54, 1.807) is 7.11 Å². The molecule has 1 fully saturated rings. The highest BCUT2D eigenvalue weighted by Gasteiger charge is 2.28. The molecule has 1 aromatic rings. The second kappa shape index (κ2) is 5.42. The largest absolute Gasteiger partial charge is 0.497 e. The second-order valence-electron chi connectivity index (χ2n) is 5.20. The van der Waals surface area contributed by atoms with E-state index in [4.69, 9.17) is 4.74 Å². The van der Waals surface area contributed by atoms with Gasteiger partial charge in [-0.1, -0.05) is 26.0 Å². The summed E-state index contributed by atoms with van der Waals surface area (Å²) in [5.74, 6) is 1.72. The maximum absolute atomic E-state index is 11.9. The van der Waals surface area contributed by atoms with E-state index < -0.39 is 0 Å². The van der Waals surface area contributed by atoms with Gasteiger partial charge in [0, 0.05) is 24.9 Å². The number of hydrogen-bond acceptors (Lipinski definition) is 2. The van der Waals surface area contributed by atoms with Crippen molar-refractivity contribution in [3.8, 4) is 5.75 Å². The first kappa shape index (κ1) is 12.9. The van der Waals surface area contributed by atoms with Gasteiger partial charge in [0.05, 0.1) is 7.11 Å². The normalized spacial score (nSPS) is 19.3. The summed E-state index contributed by atoms with van der Waals surface area (Å²) < 4.78 is 5.16. The van der Waals surface area contributed by atoms with E-state index in [1.165, 1.54) is 5.56 Å². The lowest BCUT2D eigenvalue weighted by Crippen LogP contribution is -2.31. The van der Waals surface area contributed by atoms with Crippen molar-refractivity contribution in [2.24, 2.45) is 5.92 Å². The molecule has 0 bridgehead atoms. The summed E-state index contributed by atoms with van der Waals surface area (Å²) in [4.78, 5) is 13.9. The first-order valence-corrected chi connectivity index (χ1v) is 6.54. The number of ether oxygens (including phenoxy) is 1. The van der Waals surface area contributed by atoms with Gasteiger partial charge >= 0.3 is 0 Å². The fraction of sp³-hybridized carbons (Fsp3) is 0.533. The standard InChI is InChI=1S/C15H21NO2/c1-11(2)15(17)16-9-8-13(10-16)12-4-6-14(18-3)7-5-12/h4-7,11,13H,8-10H2,1-3H3. The fourth-order valence-corrected chi connectivity index (χ4v) is 2.47. The van der Waals surface area contributed by atoms with E-state index in [1.807, 2.05) is 30.9 Å². The van der Waals surface area contributed by atoms with Crippen LogP contribution in [0.25, 0.3) is 0 Å². The molecule has 0 saturated carbocycles. The number of carbonyl (C=O) groups is 1. The van der Waals surface area contributed by atoms with Crippen LogP contribution in [0.5, 0.6) is 5.75 Å². The van der Waals surface area contributed by atoms with Crippen LogP contribution in [-0.4, -0.2) is 31.0 Å². The van der Waals surface area contributed by atoms with E-state index in [-0.39, 0.29) is 11.8 Å². The summed E-state index contributed by atoms with van der Waals surface area (Å²) in [6.45, 7) is 5.66. The number of nitrogens with zero attached hydrogens (tertiary/aromatic N) is 1. The molecule has 1 atom stereocenters. The van der Waals surface area contributed by atoms with Crippen LogP contribution in [0.4, 0.5) is 0 Å². The molecule has 3 heteroatoms. The number of amides is 1. The Morgan fingerprint density at radius 1 is 1.33 bits per heavy atom. The summed E-state index contributed by atoms with van der Waals surface area (Å²) >= 11 is 0. The smallest absolute Gasteiger partial charge is 0.225 e. The molecule has 1 unspecified atom stereocenters. The minimum atomic E-state index is 0.0969. The van der Waals surface area contributed by atoms with Crippen molar-refractivity contribution in [3.63, 3.8) is 0 Å². The zero-order valence-electron chi connectivity index (χ0n) is 11.3. The molecule has 98 valence electrons. The van der Waals surface area contributed by atoms with Gasteiger partial charge in [0.2, 0.25) is 5.91 Å². The monoisotopic (exact) mass is 247 g/mol. The molecule has 1 saturated heterocycles. The topological polar surface area (TPSA) is 29.5 Å². The van der Waals surface area contributed by atoms with Gasteiger partial charge in [0.1, 0.15) is 5.75 Å². The number of benzene rings is 1. The number of methoxy groups -OCH3 is 1. The predicted molar refractivity (Wildman–Crippen MR) is 71.8 cm³/mol. The lowest BCUT2D eigenvalue weighted by Gasteiger charge is -2.19. The molecular formula is C15H21NO2. The average Bonchev–Trinajstić information content (AvgIpc) is 2.87. The average molecular weight is 247 g/mol. The Kier molecular flexibility index (Phi) is 3.90. The minimum Gasteiger partial charge on any atom is -0.497 e. The molecule has 1 aromatic carbocycles. The molecule has 0 aliphatic carbocycles. The Bertz CT molecular complexity index is 411. The summed E-state index contributed by atoms with van der Waals surface area (Å²) in [6.07, 6.45) is 1.06. The second-order valence-corrected chi connectivity index (χ2v) is 5.20. The summed E-state index contributed by atoms with van der Waals surface area (Å²) in [7, 11) is 1.67. The third-order valence-electron chi connectivity index (χ3n) is 3.58. The van der Waals surface area contributed by atoms with Gasteiger partial charge in [-0.3, -0.25) is 4.79 Å². The molecule has 0 N–H and O–H groups in total. The van der Waals surface area contributed by atoms with Gasteiger partial charge in [-0.05, 0) is 24.1 Å². The SMILES string of the molecule is COc1ccc(C2CCN(C(=O)C(C)C)C2)cc1. The quantitative estimate of drug-likeness (QED) is 0.822. The van der Waals surface area contributed by atoms with Crippen LogP contribution in [0, 0.1) is 5.92 Å². The molecule has 1 aliphatic heterocycles. The first-order valence-electron chi connectivity index (χ1n) is 6.54. The van der Waals surface area contributed by atoms with Gasteiger partial charge in [-0.25, -0.2) is 0 Å². The molecule has 0 radical (unpaired) electrons. The number of hydrogen-bond donors (Lipinski definition) is 0. The van der Waals surface area contributed by atoms with Crippen molar-refractivity contribution in [3.05, 3.63) is 29.8 Å². The van der Waals surface area contributed by atoms with Gasteiger partial charge in [-0.2, -0.15) is 0 Å². The summed E-state index contributed by atoms with van der Waals surface area (Å²) in [6, 6.07) is 8.18. The molecule has 3 nitrogen and oxygen atoms in total. The van der Waals surface area contributed by atoms with E-state index in [9.17, 15) is 4.79 Å². The third kappa shape index (κ3) is 2.66. The lowest BCUT2D eigenvalue weighted by molar-refractivity contribution is -0.133. The molecule has 1 aliphatic rings. The number of rotatable bonds is 3. The van der Waals surface area contributed by atoms with Crippen molar-refractivity contribution in [1.82, 2.24) is 4.90 Å². The van der Waals surface area contributed by atoms with Crippen molar-refractivity contribution in [1.29, 1.82) is 0 Å². The van der Waals surface area contributed by atoms with Crippen LogP contribution < -0.4 is 4.74 Å². The van der Waals surface area contributed by atoms with Crippen LogP contribution in [0.3, 0.4) is 0 Å². The molecule has 0 aromatic heterocycles. The highest BCUT2D eigenvalue weighted by atomic mass is 16.5. The highest BCUT2D eigenvalue weighted by molar-refractivity contribution is 5.78. The van der Waals surface area contributed by atoms with Crippen molar-refractivity contribution < 1.29 is 9.53 Å². The third-order valence-corrected chi connectivity index (χ3v) is 3.58. The Labute approximate surface area is 109 Å². The molecule has 1 amide bonds. The summed E-state index contributed by atoms with van der Waals surface area (Å²) in [5.41, 5.74) is 1.30. The molecule has 18 heavy (non-hydrogen) atoms. The van der Waals surface area contributed by atoms with Gasteiger partial charge < -0.3 is 9.64 Å². The van der Waals surface area contributed by atoms with Crippen molar-refractivity contribution in [2.75, 3.05) is 20.2 Å². The maximum atomic E-state index is 11.9. The fourth-order valence-electron chi connectivity index (χ4n) is 2.47. The lowest BCUT2D eigenvalue weighted by atomic mass is 9.98. The van der Waals surface area contributed by atoms with Crippen LogP contribution in [0.2, 0.25) is 0 Å². The van der Waals surface area contributed by atoms with E-state index >= 15 is 0 Å². The Balaban J connectivity index is 2.01. The van der Waals surface area contributed by atoms with E-state index in [2.05, 4.69) is 12.1 Å². The van der Waals surface area contributed by atoms with Gasteiger partial charge in [0.15, 0.2) is 0 Å². The van der Waals surface area contributed by atoms with Crippen LogP contribution in [0.15, 0.2) is 24.3 Å². The Hall–Kier alpha value is -1.51. The Morgan fingerprint density at radius 3 is 2.56 bits per heavy atom. The highest BCUT2D eigenvalue weighted by Crippen LogP contribution is 2.29. The molecular weight excluding hydrogens is 226 g/mol. The zero-order valence-corrected chi connectivity index (χ0v) is 11.3. The van der Waals surface area contributed by atoms with Gasteiger partial charge in [-0.15, -0.1) is 0 Å². The van der Waals surface area contributed by atoms with Crippen molar-refractivity contribution in [2.45, 2.75) is 26.2 Å². The van der Waals surface area contributed by atoms with Gasteiger partial charge in [0.25, 0.3) is 0 Å². The maximum Gasteiger partial charge on any atom is 0.225 e. The number of carbonyl (C=O) groups excluding carboxylic acids is 1. The summed E-state index contributed by atoms with van der Waals surface area (Å²) in [5, 5.41) is 0. The first-order chi connectivity index (χ1) is 8.61. The Morgan fingerprint density at radius 2 is 2.00 bits per heavy atom. The van der Waals surface area contributed by atoms with Crippen molar-refractivity contribution >= 4 is 5.91 Å². The van der Waals surface area contributed by atoms with Crippen LogP contribution in [0.1, 0.15) is 31.7 Å². The number of likely N-dealkylation sites (tertiary alicyclic amines) is 1. The minimum absolute atomic E-state index is 0.0969. The molecule has 2 rings (SSSR count). The van der Waals surface area contributed by atoms with Crippen LogP contribution >= 0.6 is 0 Å².